The van der Waals surface area contributed by atoms with Crippen LogP contribution in [0.5, 0.6) is 0 Å². The summed E-state index contributed by atoms with van der Waals surface area (Å²) in [4.78, 5) is 13.9. The Morgan fingerprint density at radius 2 is 1.27 bits per heavy atom. The van der Waals surface area contributed by atoms with E-state index in [2.05, 4.69) is 75.1 Å². The van der Waals surface area contributed by atoms with Crippen LogP contribution in [0.4, 0.5) is 0 Å². The van der Waals surface area contributed by atoms with Crippen LogP contribution in [-0.4, -0.2) is 55.8 Å². The van der Waals surface area contributed by atoms with Crippen LogP contribution in [0.1, 0.15) is 29.8 Å². The van der Waals surface area contributed by atoms with Gasteiger partial charge in [-0.1, -0.05) is 70.0 Å². The van der Waals surface area contributed by atoms with Gasteiger partial charge < -0.3 is 9.05 Å². The summed E-state index contributed by atoms with van der Waals surface area (Å²) in [6.45, 7) is 10.4. The van der Waals surface area contributed by atoms with Crippen molar-refractivity contribution in [2.24, 2.45) is 0 Å². The van der Waals surface area contributed by atoms with Gasteiger partial charge in [-0.2, -0.15) is 9.97 Å². The Labute approximate surface area is 193 Å². The molecule has 170 valence electrons. The molecule has 0 radical (unpaired) electrons. The van der Waals surface area contributed by atoms with Gasteiger partial charge in [-0.3, -0.25) is 9.80 Å². The molecule has 1 saturated heterocycles. The van der Waals surface area contributed by atoms with Crippen LogP contribution in [0.3, 0.4) is 0 Å². The van der Waals surface area contributed by atoms with Gasteiger partial charge in [0, 0.05) is 36.8 Å². The van der Waals surface area contributed by atoms with Crippen LogP contribution in [0, 0.1) is 13.8 Å². The average Bonchev–Trinajstić information content (AvgIpc) is 3.47. The first-order valence-electron chi connectivity index (χ1n) is 11.3. The molecule has 8 nitrogen and oxygen atoms in total. The molecule has 0 N–H and O–H groups in total. The second-order valence-electron chi connectivity index (χ2n) is 8.81. The Morgan fingerprint density at radius 1 is 0.758 bits per heavy atom. The van der Waals surface area contributed by atoms with E-state index >= 15 is 0 Å². The summed E-state index contributed by atoms with van der Waals surface area (Å²) < 4.78 is 11.0. The quantitative estimate of drug-likeness (QED) is 0.439. The van der Waals surface area contributed by atoms with Crippen LogP contribution in [0.15, 0.2) is 57.6 Å². The average molecular weight is 445 g/mol. The largest absolute Gasteiger partial charge is 0.338 e. The maximum absolute atomic E-state index is 5.53. The second kappa shape index (κ2) is 9.25. The molecule has 3 heterocycles. The monoisotopic (exact) mass is 444 g/mol. The van der Waals surface area contributed by atoms with Gasteiger partial charge >= 0.3 is 0 Å². The first kappa shape index (κ1) is 21.5. The number of aromatic nitrogens is 4. The number of rotatable bonds is 6. The second-order valence-corrected chi connectivity index (χ2v) is 8.81. The van der Waals surface area contributed by atoms with Crippen molar-refractivity contribution in [3.05, 3.63) is 71.4 Å². The van der Waals surface area contributed by atoms with Gasteiger partial charge in [0.15, 0.2) is 0 Å². The first-order valence-corrected chi connectivity index (χ1v) is 11.3. The van der Waals surface area contributed by atoms with Crippen molar-refractivity contribution in [2.75, 3.05) is 19.6 Å². The van der Waals surface area contributed by atoms with Gasteiger partial charge in [0.25, 0.3) is 0 Å². The fourth-order valence-corrected chi connectivity index (χ4v) is 4.09. The third kappa shape index (κ3) is 5.02. The van der Waals surface area contributed by atoms with Crippen molar-refractivity contribution in [1.82, 2.24) is 30.1 Å². The Morgan fingerprint density at radius 3 is 1.79 bits per heavy atom. The van der Waals surface area contributed by atoms with Crippen LogP contribution in [0.25, 0.3) is 22.8 Å². The Balaban J connectivity index is 1.16. The molecule has 1 fully saturated rings. The number of aryl methyl sites for hydroxylation is 2. The summed E-state index contributed by atoms with van der Waals surface area (Å²) in [6, 6.07) is 16.6. The van der Waals surface area contributed by atoms with E-state index in [1.54, 1.807) is 0 Å². The molecule has 8 heteroatoms. The Kier molecular flexibility index (Phi) is 6.02. The molecule has 33 heavy (non-hydrogen) atoms. The fourth-order valence-electron chi connectivity index (χ4n) is 4.09. The molecule has 4 aromatic rings. The number of hydrogen-bond donors (Lipinski definition) is 0. The van der Waals surface area contributed by atoms with Gasteiger partial charge in [-0.15, -0.1) is 0 Å². The predicted octanol–water partition coefficient (Wildman–Crippen LogP) is 4.11. The number of nitrogens with zero attached hydrogens (tertiary/aromatic N) is 6. The molecule has 0 saturated carbocycles. The summed E-state index contributed by atoms with van der Waals surface area (Å²) in [5.74, 6) is 2.56. The zero-order chi connectivity index (χ0) is 22.8. The molecule has 5 rings (SSSR count). The van der Waals surface area contributed by atoms with Crippen molar-refractivity contribution in [2.45, 2.75) is 39.9 Å². The highest BCUT2D eigenvalue weighted by Crippen LogP contribution is 2.20. The van der Waals surface area contributed by atoms with E-state index in [1.807, 2.05) is 24.3 Å². The predicted molar refractivity (Wildman–Crippen MR) is 124 cm³/mol. The highest BCUT2D eigenvalue weighted by molar-refractivity contribution is 5.55. The van der Waals surface area contributed by atoms with E-state index in [0.29, 0.717) is 42.6 Å². The van der Waals surface area contributed by atoms with E-state index in [0.717, 1.165) is 30.8 Å². The summed E-state index contributed by atoms with van der Waals surface area (Å²) in [7, 11) is 0. The zero-order valence-corrected chi connectivity index (χ0v) is 19.2. The SMILES string of the molecule is Cc1ccc(-c2noc(CN3CCN(Cc4nc(-c5ccc(C)cc5)no4)C(C)C3)n2)cc1. The van der Waals surface area contributed by atoms with Crippen molar-refractivity contribution in [3.8, 4) is 22.8 Å². The zero-order valence-electron chi connectivity index (χ0n) is 19.2. The molecular formula is C25H28N6O2. The van der Waals surface area contributed by atoms with Gasteiger partial charge in [-0.25, -0.2) is 0 Å². The van der Waals surface area contributed by atoms with E-state index < -0.39 is 0 Å². The molecule has 1 unspecified atom stereocenters. The molecule has 0 spiro atoms. The van der Waals surface area contributed by atoms with E-state index in [4.69, 9.17) is 9.05 Å². The number of hydrogen-bond acceptors (Lipinski definition) is 8. The standard InChI is InChI=1S/C25H28N6O2/c1-17-4-8-20(9-5-17)24-26-22(32-28-24)15-30-12-13-31(19(3)14-30)16-23-27-25(29-33-23)21-10-6-18(2)7-11-21/h4-11,19H,12-16H2,1-3H3. The Hall–Kier alpha value is -3.36. The van der Waals surface area contributed by atoms with Crippen LogP contribution in [0.2, 0.25) is 0 Å². The molecule has 1 aliphatic heterocycles. The summed E-state index contributed by atoms with van der Waals surface area (Å²) in [6.07, 6.45) is 0. The minimum absolute atomic E-state index is 0.341. The van der Waals surface area contributed by atoms with Gasteiger partial charge in [0.05, 0.1) is 13.1 Å². The maximum atomic E-state index is 5.53. The maximum Gasteiger partial charge on any atom is 0.241 e. The van der Waals surface area contributed by atoms with Crippen molar-refractivity contribution in [1.29, 1.82) is 0 Å². The smallest absolute Gasteiger partial charge is 0.241 e. The third-order valence-electron chi connectivity index (χ3n) is 6.10. The minimum Gasteiger partial charge on any atom is -0.338 e. The first-order chi connectivity index (χ1) is 16.0. The molecule has 0 amide bonds. The summed E-state index contributed by atoms with van der Waals surface area (Å²) in [5.41, 5.74) is 4.36. The summed E-state index contributed by atoms with van der Waals surface area (Å²) in [5, 5.41) is 8.31. The fraction of sp³-hybridized carbons (Fsp3) is 0.360. The van der Waals surface area contributed by atoms with Gasteiger partial charge in [0.1, 0.15) is 0 Å². The van der Waals surface area contributed by atoms with Crippen LogP contribution >= 0.6 is 0 Å². The van der Waals surface area contributed by atoms with Crippen molar-refractivity contribution < 1.29 is 9.05 Å². The minimum atomic E-state index is 0.341. The molecule has 2 aromatic carbocycles. The lowest BCUT2D eigenvalue weighted by Crippen LogP contribution is -2.51. The van der Waals surface area contributed by atoms with Crippen LogP contribution < -0.4 is 0 Å². The number of piperazine rings is 1. The van der Waals surface area contributed by atoms with E-state index in [-0.39, 0.29) is 0 Å². The third-order valence-corrected chi connectivity index (χ3v) is 6.10. The van der Waals surface area contributed by atoms with Gasteiger partial charge in [0.2, 0.25) is 23.4 Å². The van der Waals surface area contributed by atoms with Crippen molar-refractivity contribution >= 4 is 0 Å². The van der Waals surface area contributed by atoms with Crippen molar-refractivity contribution in [3.63, 3.8) is 0 Å². The lowest BCUT2D eigenvalue weighted by atomic mass is 10.1. The molecule has 1 atom stereocenters. The molecular weight excluding hydrogens is 416 g/mol. The topological polar surface area (TPSA) is 84.3 Å². The highest BCUT2D eigenvalue weighted by Gasteiger charge is 2.26. The van der Waals surface area contributed by atoms with Gasteiger partial charge in [-0.05, 0) is 20.8 Å². The molecule has 0 aliphatic carbocycles. The lowest BCUT2D eigenvalue weighted by molar-refractivity contribution is 0.0594. The normalized spacial score (nSPS) is 17.5. The van der Waals surface area contributed by atoms with E-state index in [1.165, 1.54) is 11.1 Å². The van der Waals surface area contributed by atoms with E-state index in [9.17, 15) is 0 Å². The lowest BCUT2D eigenvalue weighted by Gasteiger charge is -2.38. The highest BCUT2D eigenvalue weighted by atomic mass is 16.5. The molecule has 2 aromatic heterocycles. The molecule has 0 bridgehead atoms. The number of benzene rings is 2. The molecule has 1 aliphatic rings. The Bertz CT molecular complexity index is 1200. The summed E-state index contributed by atoms with van der Waals surface area (Å²) >= 11 is 0. The van der Waals surface area contributed by atoms with Crippen LogP contribution in [-0.2, 0) is 13.1 Å².